The summed E-state index contributed by atoms with van der Waals surface area (Å²) in [6, 6.07) is 16.5. The van der Waals surface area contributed by atoms with Gasteiger partial charge in [0.2, 0.25) is 0 Å². The number of carbonyl (C=O) groups excluding carboxylic acids is 2. The molecule has 0 saturated heterocycles. The van der Waals surface area contributed by atoms with E-state index in [1.165, 1.54) is 0 Å². The van der Waals surface area contributed by atoms with Crippen LogP contribution >= 0.6 is 11.8 Å². The molecule has 0 bridgehead atoms. The zero-order valence-corrected chi connectivity index (χ0v) is 15.2. The number of nitrogens with one attached hydrogen (secondary N) is 2. The van der Waals surface area contributed by atoms with Crippen molar-refractivity contribution in [3.8, 4) is 0 Å². The van der Waals surface area contributed by atoms with Crippen molar-refractivity contribution < 1.29 is 14.3 Å². The molecule has 0 radical (unpaired) electrons. The lowest BCUT2D eigenvalue weighted by molar-refractivity contribution is -0.116. The van der Waals surface area contributed by atoms with Gasteiger partial charge < -0.3 is 15.4 Å². The third kappa shape index (κ3) is 4.67. The molecule has 2 aromatic carbocycles. The molecule has 0 aromatic heterocycles. The second kappa shape index (κ2) is 8.58. The lowest BCUT2D eigenvalue weighted by Crippen LogP contribution is -2.26. The van der Waals surface area contributed by atoms with Crippen LogP contribution in [0.3, 0.4) is 0 Å². The zero-order chi connectivity index (χ0) is 18.4. The molecule has 0 aliphatic carbocycles. The van der Waals surface area contributed by atoms with E-state index in [2.05, 4.69) is 10.6 Å². The number of hydrogen-bond acceptors (Lipinski definition) is 4. The normalized spacial score (nSPS) is 14.6. The Balaban J connectivity index is 1.59. The van der Waals surface area contributed by atoms with Crippen LogP contribution in [-0.2, 0) is 9.53 Å². The monoisotopic (exact) mass is 368 g/mol. The second-order valence-corrected chi connectivity index (χ2v) is 6.82. The van der Waals surface area contributed by atoms with Crippen LogP contribution in [0.15, 0.2) is 65.8 Å². The van der Waals surface area contributed by atoms with E-state index in [-0.39, 0.29) is 17.9 Å². The molecule has 3 rings (SSSR count). The standard InChI is InChI=1S/C20H20N2O3S/c1-14(15-5-3-2-4-6-15)21-19(23)16-7-9-17(10-8-16)22-20(24)18-13-26-12-11-25-18/h2-10,13-14H,11-12H2,1H3,(H,21,23)(H,22,24)/t14-/m0/s1. The molecule has 134 valence electrons. The second-order valence-electron chi connectivity index (χ2n) is 5.84. The zero-order valence-electron chi connectivity index (χ0n) is 14.4. The predicted octanol–water partition coefficient (Wildman–Crippen LogP) is 3.72. The van der Waals surface area contributed by atoms with E-state index in [1.54, 1.807) is 41.4 Å². The van der Waals surface area contributed by atoms with E-state index in [4.69, 9.17) is 4.74 Å². The maximum Gasteiger partial charge on any atom is 0.291 e. The molecule has 2 N–H and O–H groups in total. The largest absolute Gasteiger partial charge is 0.487 e. The van der Waals surface area contributed by atoms with Crippen LogP contribution in [0.2, 0.25) is 0 Å². The fourth-order valence-corrected chi connectivity index (χ4v) is 3.11. The van der Waals surface area contributed by atoms with Crippen LogP contribution in [0.25, 0.3) is 0 Å². The topological polar surface area (TPSA) is 67.4 Å². The summed E-state index contributed by atoms with van der Waals surface area (Å²) in [5.74, 6) is 0.725. The predicted molar refractivity (Wildman–Crippen MR) is 104 cm³/mol. The molecule has 0 unspecified atom stereocenters. The molecule has 1 aliphatic rings. The number of anilines is 1. The van der Waals surface area contributed by atoms with Gasteiger partial charge in [-0.2, -0.15) is 0 Å². The Labute approximate surface area is 156 Å². The minimum atomic E-state index is -0.285. The van der Waals surface area contributed by atoms with Crippen LogP contribution in [0, 0.1) is 0 Å². The highest BCUT2D eigenvalue weighted by molar-refractivity contribution is 8.02. The Hall–Kier alpha value is -2.73. The van der Waals surface area contributed by atoms with Crippen molar-refractivity contribution in [1.82, 2.24) is 5.32 Å². The van der Waals surface area contributed by atoms with Gasteiger partial charge in [-0.1, -0.05) is 30.3 Å². The third-order valence-corrected chi connectivity index (χ3v) is 4.71. The molecule has 1 atom stereocenters. The molecule has 5 nitrogen and oxygen atoms in total. The fraction of sp³-hybridized carbons (Fsp3) is 0.200. The Morgan fingerprint density at radius 1 is 1.04 bits per heavy atom. The summed E-state index contributed by atoms with van der Waals surface area (Å²) in [6.07, 6.45) is 0. The first-order valence-electron chi connectivity index (χ1n) is 8.35. The van der Waals surface area contributed by atoms with Crippen LogP contribution in [0.5, 0.6) is 0 Å². The molecule has 0 saturated carbocycles. The lowest BCUT2D eigenvalue weighted by atomic mass is 10.1. The van der Waals surface area contributed by atoms with Gasteiger partial charge in [0.1, 0.15) is 0 Å². The minimum absolute atomic E-state index is 0.0871. The molecule has 0 spiro atoms. The summed E-state index contributed by atoms with van der Waals surface area (Å²) in [5, 5.41) is 7.45. The Bertz CT molecular complexity index is 804. The highest BCUT2D eigenvalue weighted by Crippen LogP contribution is 2.18. The number of amides is 2. The first kappa shape index (κ1) is 18.1. The van der Waals surface area contributed by atoms with E-state index in [1.807, 2.05) is 37.3 Å². The van der Waals surface area contributed by atoms with E-state index >= 15 is 0 Å². The van der Waals surface area contributed by atoms with Gasteiger partial charge in [0.25, 0.3) is 11.8 Å². The van der Waals surface area contributed by atoms with Crippen molar-refractivity contribution in [1.29, 1.82) is 0 Å². The number of benzene rings is 2. The summed E-state index contributed by atoms with van der Waals surface area (Å²) >= 11 is 1.55. The molecular formula is C20H20N2O3S. The van der Waals surface area contributed by atoms with Crippen molar-refractivity contribution in [2.45, 2.75) is 13.0 Å². The average Bonchev–Trinajstić information content (AvgIpc) is 2.69. The third-order valence-electron chi connectivity index (χ3n) is 3.93. The van der Waals surface area contributed by atoms with Crippen LogP contribution in [0.1, 0.15) is 28.9 Å². The quantitative estimate of drug-likeness (QED) is 0.844. The van der Waals surface area contributed by atoms with Gasteiger partial charge in [-0.05, 0) is 36.8 Å². The Morgan fingerprint density at radius 3 is 2.42 bits per heavy atom. The van der Waals surface area contributed by atoms with E-state index in [9.17, 15) is 9.59 Å². The molecule has 1 heterocycles. The van der Waals surface area contributed by atoms with Gasteiger partial charge in [0.05, 0.1) is 12.6 Å². The number of thioether (sulfide) groups is 1. The summed E-state index contributed by atoms with van der Waals surface area (Å²) < 4.78 is 5.32. The number of ether oxygens (including phenoxy) is 1. The maximum absolute atomic E-state index is 12.4. The fourth-order valence-electron chi connectivity index (χ4n) is 2.49. The highest BCUT2D eigenvalue weighted by atomic mass is 32.2. The maximum atomic E-state index is 12.4. The minimum Gasteiger partial charge on any atom is -0.487 e. The summed E-state index contributed by atoms with van der Waals surface area (Å²) in [5.41, 5.74) is 2.19. The summed E-state index contributed by atoms with van der Waals surface area (Å²) in [6.45, 7) is 2.47. The van der Waals surface area contributed by atoms with Gasteiger partial charge in [0, 0.05) is 22.4 Å². The Morgan fingerprint density at radius 2 is 1.77 bits per heavy atom. The summed E-state index contributed by atoms with van der Waals surface area (Å²) in [4.78, 5) is 24.5. The van der Waals surface area contributed by atoms with Gasteiger partial charge in [-0.25, -0.2) is 0 Å². The van der Waals surface area contributed by atoms with Crippen LogP contribution in [-0.4, -0.2) is 24.2 Å². The first-order chi connectivity index (χ1) is 12.6. The average molecular weight is 368 g/mol. The molecule has 1 aliphatic heterocycles. The van der Waals surface area contributed by atoms with Crippen molar-refractivity contribution in [2.75, 3.05) is 17.7 Å². The van der Waals surface area contributed by atoms with Crippen molar-refractivity contribution in [3.05, 3.63) is 76.9 Å². The lowest BCUT2D eigenvalue weighted by Gasteiger charge is -2.15. The molecule has 26 heavy (non-hydrogen) atoms. The van der Waals surface area contributed by atoms with E-state index < -0.39 is 0 Å². The van der Waals surface area contributed by atoms with Gasteiger partial charge in [0.15, 0.2) is 5.76 Å². The SMILES string of the molecule is C[C@H](NC(=O)c1ccc(NC(=O)C2=CSCCO2)cc1)c1ccccc1. The van der Waals surface area contributed by atoms with Crippen molar-refractivity contribution in [3.63, 3.8) is 0 Å². The smallest absolute Gasteiger partial charge is 0.291 e. The van der Waals surface area contributed by atoms with Gasteiger partial charge >= 0.3 is 0 Å². The van der Waals surface area contributed by atoms with Crippen molar-refractivity contribution in [2.24, 2.45) is 0 Å². The molecule has 2 aromatic rings. The highest BCUT2D eigenvalue weighted by Gasteiger charge is 2.15. The van der Waals surface area contributed by atoms with Crippen molar-refractivity contribution >= 4 is 29.3 Å². The van der Waals surface area contributed by atoms with Crippen LogP contribution < -0.4 is 10.6 Å². The van der Waals surface area contributed by atoms with Gasteiger partial charge in [-0.3, -0.25) is 9.59 Å². The number of hydrogen-bond donors (Lipinski definition) is 2. The van der Waals surface area contributed by atoms with E-state index in [0.717, 1.165) is 11.3 Å². The molecule has 6 heteroatoms. The number of rotatable bonds is 5. The summed E-state index contributed by atoms with van der Waals surface area (Å²) in [7, 11) is 0. The number of carbonyl (C=O) groups is 2. The van der Waals surface area contributed by atoms with Crippen LogP contribution in [0.4, 0.5) is 5.69 Å². The molecular weight excluding hydrogens is 348 g/mol. The first-order valence-corrected chi connectivity index (χ1v) is 9.40. The molecule has 2 amide bonds. The van der Waals surface area contributed by atoms with E-state index in [0.29, 0.717) is 23.6 Å². The molecule has 0 fully saturated rings. The Kier molecular flexibility index (Phi) is 5.96. The van der Waals surface area contributed by atoms with Gasteiger partial charge in [-0.15, -0.1) is 11.8 Å².